The number of esters is 1. The quantitative estimate of drug-likeness (QED) is 0.372. The number of carbonyl (C=O) groups excluding carboxylic acids is 1. The van der Waals surface area contributed by atoms with Gasteiger partial charge in [0.25, 0.3) is 0 Å². The fraction of sp³-hybridized carbons (Fsp3) is 0.444. The topological polar surface area (TPSA) is 73.9 Å². The van der Waals surface area contributed by atoms with E-state index in [0.29, 0.717) is 7.11 Å². The van der Waals surface area contributed by atoms with Gasteiger partial charge in [0.2, 0.25) is 0 Å². The SMILES string of the molecule is COC(=O)/C(=C(/F)SC(C#N)C(C)=N)C(F)(F)F. The number of ether oxygens (including phenoxy) is 1. The first kappa shape index (κ1) is 16.4. The third-order valence-corrected chi connectivity index (χ3v) is 2.71. The van der Waals surface area contributed by atoms with Crippen molar-refractivity contribution in [1.82, 2.24) is 0 Å². The van der Waals surface area contributed by atoms with Crippen molar-refractivity contribution in [2.45, 2.75) is 18.3 Å². The molecule has 0 aliphatic heterocycles. The molecular formula is C9H8F4N2O2S. The fourth-order valence-electron chi connectivity index (χ4n) is 0.783. The van der Waals surface area contributed by atoms with Gasteiger partial charge in [-0.05, 0) is 6.92 Å². The molecule has 9 heteroatoms. The van der Waals surface area contributed by atoms with Gasteiger partial charge in [0.05, 0.1) is 13.2 Å². The lowest BCUT2D eigenvalue weighted by molar-refractivity contribution is -0.148. The van der Waals surface area contributed by atoms with E-state index in [1.54, 1.807) is 0 Å². The van der Waals surface area contributed by atoms with Crippen molar-refractivity contribution in [3.8, 4) is 6.07 Å². The number of hydrogen-bond acceptors (Lipinski definition) is 5. The number of rotatable bonds is 4. The second kappa shape index (κ2) is 6.39. The van der Waals surface area contributed by atoms with Gasteiger partial charge in [0, 0.05) is 5.71 Å². The van der Waals surface area contributed by atoms with E-state index < -0.39 is 28.1 Å². The average molecular weight is 284 g/mol. The highest BCUT2D eigenvalue weighted by Gasteiger charge is 2.43. The Bertz CT molecular complexity index is 425. The molecule has 1 unspecified atom stereocenters. The highest BCUT2D eigenvalue weighted by molar-refractivity contribution is 8.04. The van der Waals surface area contributed by atoms with Gasteiger partial charge in [-0.2, -0.15) is 22.8 Å². The van der Waals surface area contributed by atoms with Crippen LogP contribution in [0.1, 0.15) is 6.92 Å². The lowest BCUT2D eigenvalue weighted by atomic mass is 10.3. The minimum Gasteiger partial charge on any atom is -0.465 e. The first-order valence-electron chi connectivity index (χ1n) is 4.31. The maximum Gasteiger partial charge on any atom is 0.426 e. The standard InChI is InChI=1S/C9H8F4N2O2S/c1-4(15)5(3-14)18-7(10)6(8(16)17-2)9(11,12)13/h5,15H,1-2H3/b7-6+,15-4?. The van der Waals surface area contributed by atoms with Crippen LogP contribution >= 0.6 is 11.8 Å². The second-order valence-corrected chi connectivity index (χ2v) is 4.01. The molecule has 0 saturated heterocycles. The fourth-order valence-corrected chi connectivity index (χ4v) is 1.54. The van der Waals surface area contributed by atoms with Gasteiger partial charge in [-0.15, -0.1) is 0 Å². The Labute approximate surface area is 104 Å². The van der Waals surface area contributed by atoms with Crippen molar-refractivity contribution >= 4 is 23.4 Å². The minimum absolute atomic E-state index is 0.162. The van der Waals surface area contributed by atoms with Crippen LogP contribution < -0.4 is 0 Å². The summed E-state index contributed by atoms with van der Waals surface area (Å²) in [5, 5.41) is 12.3. The summed E-state index contributed by atoms with van der Waals surface area (Å²) in [5.74, 6) is -1.88. The van der Waals surface area contributed by atoms with E-state index in [4.69, 9.17) is 10.7 Å². The molecule has 0 aromatic heterocycles. The molecule has 0 spiro atoms. The normalized spacial score (nSPS) is 14.3. The molecule has 0 bridgehead atoms. The summed E-state index contributed by atoms with van der Waals surface area (Å²) in [7, 11) is 0.676. The first-order chi connectivity index (χ1) is 8.15. The molecule has 0 aromatic carbocycles. The molecule has 0 radical (unpaired) electrons. The minimum atomic E-state index is -5.24. The highest BCUT2D eigenvalue weighted by Crippen LogP contribution is 2.36. The molecule has 1 N–H and O–H groups in total. The van der Waals surface area contributed by atoms with Gasteiger partial charge in [0.1, 0.15) is 5.25 Å². The number of methoxy groups -OCH3 is 1. The van der Waals surface area contributed by atoms with Crippen molar-refractivity contribution in [2.24, 2.45) is 0 Å². The van der Waals surface area contributed by atoms with Gasteiger partial charge in [-0.25, -0.2) is 4.79 Å². The Morgan fingerprint density at radius 2 is 2.00 bits per heavy atom. The third-order valence-electron chi connectivity index (χ3n) is 1.60. The zero-order valence-electron chi connectivity index (χ0n) is 9.26. The first-order valence-corrected chi connectivity index (χ1v) is 5.19. The van der Waals surface area contributed by atoms with E-state index in [0.717, 1.165) is 6.92 Å². The predicted octanol–water partition coefficient (Wildman–Crippen LogP) is 2.57. The summed E-state index contributed by atoms with van der Waals surface area (Å²) in [5.41, 5.74) is -2.44. The summed E-state index contributed by atoms with van der Waals surface area (Å²) in [6.45, 7) is 1.14. The number of carbonyl (C=O) groups is 1. The molecule has 0 aliphatic carbocycles. The Hall–Kier alpha value is -1.56. The Morgan fingerprint density at radius 1 is 1.50 bits per heavy atom. The number of nitriles is 1. The molecule has 0 fully saturated rings. The van der Waals surface area contributed by atoms with E-state index in [-0.39, 0.29) is 17.5 Å². The van der Waals surface area contributed by atoms with Crippen LogP contribution in [0.25, 0.3) is 0 Å². The molecule has 1 atom stereocenters. The molecule has 0 rings (SSSR count). The number of thioether (sulfide) groups is 1. The van der Waals surface area contributed by atoms with Gasteiger partial charge in [-0.3, -0.25) is 0 Å². The van der Waals surface area contributed by atoms with Crippen LogP contribution in [0.4, 0.5) is 17.6 Å². The maximum atomic E-state index is 13.4. The van der Waals surface area contributed by atoms with Gasteiger partial charge < -0.3 is 10.1 Å². The molecule has 0 heterocycles. The Morgan fingerprint density at radius 3 is 2.28 bits per heavy atom. The van der Waals surface area contributed by atoms with Crippen molar-refractivity contribution in [3.63, 3.8) is 0 Å². The second-order valence-electron chi connectivity index (χ2n) is 2.95. The molecular weight excluding hydrogens is 276 g/mol. The molecule has 100 valence electrons. The van der Waals surface area contributed by atoms with Gasteiger partial charge in [-0.1, -0.05) is 11.8 Å². The van der Waals surface area contributed by atoms with Gasteiger partial charge in [0.15, 0.2) is 10.7 Å². The molecule has 4 nitrogen and oxygen atoms in total. The monoisotopic (exact) mass is 284 g/mol. The van der Waals surface area contributed by atoms with Crippen LogP contribution in [0, 0.1) is 16.7 Å². The van der Waals surface area contributed by atoms with Crippen LogP contribution in [0.15, 0.2) is 10.7 Å². The molecule has 0 aromatic rings. The average Bonchev–Trinajstić information content (AvgIpc) is 2.23. The van der Waals surface area contributed by atoms with E-state index in [9.17, 15) is 22.4 Å². The summed E-state index contributed by atoms with van der Waals surface area (Å²) in [4.78, 5) is 10.8. The zero-order valence-corrected chi connectivity index (χ0v) is 10.1. The Balaban J connectivity index is 5.43. The van der Waals surface area contributed by atoms with Crippen molar-refractivity contribution < 1.29 is 27.1 Å². The van der Waals surface area contributed by atoms with Crippen LogP contribution in [0.5, 0.6) is 0 Å². The van der Waals surface area contributed by atoms with E-state index in [1.807, 2.05) is 0 Å². The van der Waals surface area contributed by atoms with Crippen LogP contribution in [0.3, 0.4) is 0 Å². The number of alkyl halides is 3. The summed E-state index contributed by atoms with van der Waals surface area (Å²) >= 11 is -0.162. The molecule has 0 aliphatic rings. The molecule has 0 amide bonds. The maximum absolute atomic E-state index is 13.4. The van der Waals surface area contributed by atoms with Crippen LogP contribution in [-0.4, -0.2) is 30.2 Å². The highest BCUT2D eigenvalue weighted by atomic mass is 32.2. The summed E-state index contributed by atoms with van der Waals surface area (Å²) in [6.07, 6.45) is -5.24. The van der Waals surface area contributed by atoms with Gasteiger partial charge >= 0.3 is 12.1 Å². The summed E-state index contributed by atoms with van der Waals surface area (Å²) < 4.78 is 54.4. The number of hydrogen-bond donors (Lipinski definition) is 1. The van der Waals surface area contributed by atoms with E-state index in [1.165, 1.54) is 6.07 Å². The van der Waals surface area contributed by atoms with Crippen molar-refractivity contribution in [3.05, 3.63) is 10.7 Å². The lowest BCUT2D eigenvalue weighted by Gasteiger charge is -2.12. The van der Waals surface area contributed by atoms with Crippen molar-refractivity contribution in [2.75, 3.05) is 7.11 Å². The summed E-state index contributed by atoms with van der Waals surface area (Å²) in [6, 6.07) is 1.44. The smallest absolute Gasteiger partial charge is 0.426 e. The van der Waals surface area contributed by atoms with E-state index >= 15 is 0 Å². The van der Waals surface area contributed by atoms with E-state index in [2.05, 4.69) is 4.74 Å². The van der Waals surface area contributed by atoms with Crippen LogP contribution in [0.2, 0.25) is 0 Å². The zero-order chi connectivity index (χ0) is 14.5. The Kier molecular flexibility index (Phi) is 5.84. The largest absolute Gasteiger partial charge is 0.465 e. The lowest BCUT2D eigenvalue weighted by Crippen LogP contribution is -2.23. The number of nitrogens with zero attached hydrogens (tertiary/aromatic N) is 1. The van der Waals surface area contributed by atoms with Crippen LogP contribution in [-0.2, 0) is 9.53 Å². The molecule has 0 saturated carbocycles. The molecule has 18 heavy (non-hydrogen) atoms. The predicted molar refractivity (Wildman–Crippen MR) is 56.6 cm³/mol. The van der Waals surface area contributed by atoms with Crippen molar-refractivity contribution in [1.29, 1.82) is 10.7 Å². The number of halogens is 4. The number of nitrogens with one attached hydrogen (secondary N) is 1. The third kappa shape index (κ3) is 4.37.